The highest BCUT2D eigenvalue weighted by Crippen LogP contribution is 2.33. The highest BCUT2D eigenvalue weighted by molar-refractivity contribution is 5.82. The highest BCUT2D eigenvalue weighted by atomic mass is 16.6. The summed E-state index contributed by atoms with van der Waals surface area (Å²) in [5.41, 5.74) is 4.47. The molecule has 1 aliphatic rings. The highest BCUT2D eigenvalue weighted by Gasteiger charge is 2.30. The van der Waals surface area contributed by atoms with Crippen LogP contribution in [0.4, 0.5) is 5.69 Å². The van der Waals surface area contributed by atoms with Crippen molar-refractivity contribution < 1.29 is 19.0 Å². The molecule has 0 unspecified atom stereocenters. The van der Waals surface area contributed by atoms with Crippen LogP contribution in [0.25, 0.3) is 16.7 Å². The van der Waals surface area contributed by atoms with Gasteiger partial charge in [0.2, 0.25) is 11.8 Å². The van der Waals surface area contributed by atoms with Crippen molar-refractivity contribution in [3.8, 4) is 17.4 Å². The van der Waals surface area contributed by atoms with E-state index in [-0.39, 0.29) is 24.2 Å². The predicted octanol–water partition coefficient (Wildman–Crippen LogP) is 7.08. The number of anilines is 1. The van der Waals surface area contributed by atoms with E-state index in [0.29, 0.717) is 36.4 Å². The van der Waals surface area contributed by atoms with E-state index in [9.17, 15) is 9.59 Å². The Morgan fingerprint density at radius 3 is 2.19 bits per heavy atom. The van der Waals surface area contributed by atoms with Crippen LogP contribution >= 0.6 is 0 Å². The smallest absolute Gasteiger partial charge is 0.333 e. The van der Waals surface area contributed by atoms with E-state index >= 15 is 0 Å². The maximum atomic E-state index is 13.8. The number of pyridine rings is 1. The summed E-state index contributed by atoms with van der Waals surface area (Å²) in [6.45, 7) is 10.2. The van der Waals surface area contributed by atoms with Gasteiger partial charge in [0, 0.05) is 38.3 Å². The van der Waals surface area contributed by atoms with Crippen LogP contribution < -0.4 is 20.1 Å². The Morgan fingerprint density at radius 2 is 1.54 bits per heavy atom. The number of fused-ring (bicyclic) bond motifs is 1. The standard InChI is InChI=1S/C39H44N4O5/c1-27-24-42(21-20-30(27)22-36(44)48-39(2,3)4)31-16-17-32-34(23-31)41(5)38(45)43(32)33-18-19-35(46-25-28-12-8-6-9-13-28)40-37(33)47-26-29-14-10-7-11-15-29/h6-19,23,27,30H,20-22,24-26H2,1-5H3/t27-,30+/m0/s1. The molecule has 0 spiro atoms. The predicted molar refractivity (Wildman–Crippen MR) is 188 cm³/mol. The number of rotatable bonds is 10. The molecular formula is C39H44N4O5. The molecule has 0 bridgehead atoms. The number of esters is 1. The number of nitrogens with zero attached hydrogens (tertiary/aromatic N) is 4. The lowest BCUT2D eigenvalue weighted by Crippen LogP contribution is -2.40. The van der Waals surface area contributed by atoms with Crippen LogP contribution in [0, 0.1) is 11.8 Å². The molecule has 0 N–H and O–H groups in total. The summed E-state index contributed by atoms with van der Waals surface area (Å²) in [5.74, 6) is 1.16. The largest absolute Gasteiger partial charge is 0.473 e. The SMILES string of the molecule is C[C@H]1CN(c2ccc3c(c2)n(C)c(=O)n3-c2ccc(OCc3ccccc3)nc2OCc2ccccc2)CC[C@@H]1CC(=O)OC(C)(C)C. The average Bonchev–Trinajstić information content (AvgIpc) is 3.32. The number of benzene rings is 3. The molecule has 9 nitrogen and oxygen atoms in total. The van der Waals surface area contributed by atoms with Crippen LogP contribution in [0.3, 0.4) is 0 Å². The molecular weight excluding hydrogens is 604 g/mol. The molecule has 2 atom stereocenters. The van der Waals surface area contributed by atoms with E-state index in [1.165, 1.54) is 0 Å². The molecule has 0 amide bonds. The van der Waals surface area contributed by atoms with Gasteiger partial charge in [0.25, 0.3) is 0 Å². The van der Waals surface area contributed by atoms with Gasteiger partial charge < -0.3 is 19.1 Å². The summed E-state index contributed by atoms with van der Waals surface area (Å²) in [4.78, 5) is 33.4. The van der Waals surface area contributed by atoms with E-state index < -0.39 is 5.60 Å². The van der Waals surface area contributed by atoms with Gasteiger partial charge in [-0.3, -0.25) is 13.9 Å². The summed E-state index contributed by atoms with van der Waals surface area (Å²) in [6, 6.07) is 29.5. The van der Waals surface area contributed by atoms with Crippen LogP contribution in [0.5, 0.6) is 11.8 Å². The van der Waals surface area contributed by atoms with Crippen molar-refractivity contribution in [1.29, 1.82) is 0 Å². The Bertz CT molecular complexity index is 1930. The van der Waals surface area contributed by atoms with E-state index in [4.69, 9.17) is 19.2 Å². The third-order valence-corrected chi connectivity index (χ3v) is 8.84. The number of imidazole rings is 1. The van der Waals surface area contributed by atoms with Crippen molar-refractivity contribution in [2.24, 2.45) is 18.9 Å². The summed E-state index contributed by atoms with van der Waals surface area (Å²) >= 11 is 0. The lowest BCUT2D eigenvalue weighted by atomic mass is 9.84. The number of aromatic nitrogens is 3. The lowest BCUT2D eigenvalue weighted by molar-refractivity contribution is -0.156. The Hall–Kier alpha value is -5.05. The average molecular weight is 649 g/mol. The third-order valence-electron chi connectivity index (χ3n) is 8.84. The molecule has 0 saturated carbocycles. The second-order valence-corrected chi connectivity index (χ2v) is 13.6. The maximum Gasteiger partial charge on any atom is 0.333 e. The van der Waals surface area contributed by atoms with Crippen molar-refractivity contribution >= 4 is 22.7 Å². The summed E-state index contributed by atoms with van der Waals surface area (Å²) in [7, 11) is 1.79. The molecule has 5 aromatic rings. The van der Waals surface area contributed by atoms with E-state index in [1.807, 2.05) is 93.6 Å². The van der Waals surface area contributed by atoms with Crippen LogP contribution in [-0.4, -0.2) is 38.8 Å². The van der Waals surface area contributed by atoms with Crippen LogP contribution in [0.2, 0.25) is 0 Å². The minimum atomic E-state index is -0.480. The molecule has 1 aliphatic heterocycles. The first-order valence-corrected chi connectivity index (χ1v) is 16.6. The number of carbonyl (C=O) groups is 1. The Morgan fingerprint density at radius 1 is 0.875 bits per heavy atom. The number of hydrogen-bond acceptors (Lipinski definition) is 7. The van der Waals surface area contributed by atoms with E-state index in [2.05, 4.69) is 24.0 Å². The monoisotopic (exact) mass is 648 g/mol. The zero-order chi connectivity index (χ0) is 33.8. The first-order chi connectivity index (χ1) is 23.1. The van der Waals surface area contributed by atoms with Crippen molar-refractivity contribution in [2.45, 2.75) is 59.4 Å². The van der Waals surface area contributed by atoms with E-state index in [0.717, 1.165) is 47.4 Å². The molecule has 48 heavy (non-hydrogen) atoms. The molecule has 1 fully saturated rings. The topological polar surface area (TPSA) is 87.8 Å². The van der Waals surface area contributed by atoms with Gasteiger partial charge >= 0.3 is 11.7 Å². The van der Waals surface area contributed by atoms with Gasteiger partial charge in [-0.1, -0.05) is 67.6 Å². The fraction of sp³-hybridized carbons (Fsp3) is 0.359. The second kappa shape index (κ2) is 14.0. The number of hydrogen-bond donors (Lipinski definition) is 0. The molecule has 9 heteroatoms. The van der Waals surface area contributed by atoms with Gasteiger partial charge in [0.15, 0.2) is 0 Å². The van der Waals surface area contributed by atoms with Crippen molar-refractivity contribution in [1.82, 2.24) is 14.1 Å². The van der Waals surface area contributed by atoms with Gasteiger partial charge in [-0.2, -0.15) is 4.98 Å². The molecule has 2 aromatic heterocycles. The Balaban J connectivity index is 1.26. The quantitative estimate of drug-likeness (QED) is 0.150. The molecule has 3 aromatic carbocycles. The number of carbonyl (C=O) groups excluding carboxylic acids is 1. The molecule has 0 aliphatic carbocycles. The molecule has 250 valence electrons. The van der Waals surface area contributed by atoms with Gasteiger partial charge in [-0.05, 0) is 74.4 Å². The van der Waals surface area contributed by atoms with Crippen LogP contribution in [0.15, 0.2) is 95.8 Å². The van der Waals surface area contributed by atoms with Crippen LogP contribution in [0.1, 0.15) is 51.7 Å². The number of ether oxygens (including phenoxy) is 3. The molecule has 1 saturated heterocycles. The normalized spacial score (nSPS) is 16.6. The molecule has 6 rings (SSSR count). The fourth-order valence-corrected chi connectivity index (χ4v) is 6.31. The molecule has 3 heterocycles. The lowest BCUT2D eigenvalue weighted by Gasteiger charge is -2.38. The van der Waals surface area contributed by atoms with Crippen molar-refractivity contribution in [3.63, 3.8) is 0 Å². The summed E-state index contributed by atoms with van der Waals surface area (Å²) < 4.78 is 21.2. The summed E-state index contributed by atoms with van der Waals surface area (Å²) in [6.07, 6.45) is 1.33. The zero-order valence-corrected chi connectivity index (χ0v) is 28.4. The third kappa shape index (κ3) is 7.56. The Kier molecular flexibility index (Phi) is 9.57. The van der Waals surface area contributed by atoms with Gasteiger partial charge in [-0.25, -0.2) is 4.79 Å². The minimum Gasteiger partial charge on any atom is -0.473 e. The van der Waals surface area contributed by atoms with E-state index in [1.54, 1.807) is 22.2 Å². The van der Waals surface area contributed by atoms with Crippen molar-refractivity contribution in [3.05, 3.63) is 113 Å². The Labute approximate surface area is 281 Å². The van der Waals surface area contributed by atoms with Crippen molar-refractivity contribution in [2.75, 3.05) is 18.0 Å². The first kappa shape index (κ1) is 32.9. The van der Waals surface area contributed by atoms with Crippen LogP contribution in [-0.2, 0) is 29.8 Å². The van der Waals surface area contributed by atoms with Gasteiger partial charge in [0.1, 0.15) is 24.5 Å². The summed E-state index contributed by atoms with van der Waals surface area (Å²) in [5, 5.41) is 0. The zero-order valence-electron chi connectivity index (χ0n) is 28.4. The van der Waals surface area contributed by atoms with Gasteiger partial charge in [-0.15, -0.1) is 0 Å². The fourth-order valence-electron chi connectivity index (χ4n) is 6.31. The van der Waals surface area contributed by atoms with Gasteiger partial charge in [0.05, 0.1) is 11.0 Å². The minimum absolute atomic E-state index is 0.136. The molecule has 0 radical (unpaired) electrons. The number of piperidine rings is 1. The second-order valence-electron chi connectivity index (χ2n) is 13.6. The maximum absolute atomic E-state index is 13.8. The number of aryl methyl sites for hydroxylation is 1. The first-order valence-electron chi connectivity index (χ1n) is 16.6.